The third kappa shape index (κ3) is 4.90. The molecule has 2 atom stereocenters. The zero-order chi connectivity index (χ0) is 36.1. The molecule has 2 unspecified atom stereocenters. The highest BCUT2D eigenvalue weighted by Gasteiger charge is 2.45. The summed E-state index contributed by atoms with van der Waals surface area (Å²) in [6.45, 7) is 3.17. The molecule has 15 heteroatoms. The van der Waals surface area contributed by atoms with Crippen molar-refractivity contribution in [2.24, 2.45) is 0 Å². The van der Waals surface area contributed by atoms with E-state index < -0.39 is 124 Å². The molecule has 0 spiro atoms. The highest BCUT2D eigenvalue weighted by atomic mass is 31.0. The first-order chi connectivity index (χ1) is 22.6. The zero-order valence-corrected chi connectivity index (χ0v) is 26.8. The minimum Gasteiger partial charge on any atom is -0.206 e. The molecule has 1 saturated carbocycles. The summed E-state index contributed by atoms with van der Waals surface area (Å²) in [6, 6.07) is 8.87. The molecule has 0 bridgehead atoms. The van der Waals surface area contributed by atoms with Crippen LogP contribution in [-0.2, 0) is 0 Å². The van der Waals surface area contributed by atoms with E-state index in [1.165, 1.54) is 31.2 Å². The number of benzene rings is 3. The Morgan fingerprint density at radius 2 is 0.750 bits per heavy atom. The fourth-order valence-corrected chi connectivity index (χ4v) is 6.02. The molecule has 0 aliphatic heterocycles. The van der Waals surface area contributed by atoms with Gasteiger partial charge in [0.25, 0.3) is 0 Å². The number of hydrogen-bond donors (Lipinski definition) is 0. The summed E-state index contributed by atoms with van der Waals surface area (Å²) in [7, 11) is 3.85. The topological polar surface area (TPSA) is 143 Å². The van der Waals surface area contributed by atoms with Crippen LogP contribution >= 0.6 is 18.5 Å². The van der Waals surface area contributed by atoms with E-state index in [0.717, 1.165) is 13.8 Å². The Balaban J connectivity index is 2.38. The minimum atomic E-state index is -2.04. The summed E-state index contributed by atoms with van der Waals surface area (Å²) >= 11 is 0. The van der Waals surface area contributed by atoms with Crippen molar-refractivity contribution in [1.29, 1.82) is 31.6 Å². The summed E-state index contributed by atoms with van der Waals surface area (Å²) in [5, 5.41) is 57.8. The van der Waals surface area contributed by atoms with Gasteiger partial charge in [-0.3, -0.25) is 0 Å². The summed E-state index contributed by atoms with van der Waals surface area (Å²) in [5.41, 5.74) is -12.1. The molecule has 0 saturated heterocycles. The molecule has 0 aromatic heterocycles. The number of rotatable bonds is 3. The van der Waals surface area contributed by atoms with Crippen LogP contribution in [0.2, 0.25) is 0 Å². The van der Waals surface area contributed by atoms with Gasteiger partial charge >= 0.3 is 0 Å². The molecular formula is C33H13F7N6P2. The average molecular weight is 688 g/mol. The van der Waals surface area contributed by atoms with Gasteiger partial charge in [-0.25, -0.2) is 30.7 Å². The molecule has 0 N–H and O–H groups in total. The van der Waals surface area contributed by atoms with E-state index in [1.807, 2.05) is 18.5 Å². The van der Waals surface area contributed by atoms with Gasteiger partial charge in [0, 0.05) is 38.7 Å². The third-order valence-electron chi connectivity index (χ3n) is 7.74. The van der Waals surface area contributed by atoms with Crippen molar-refractivity contribution < 1.29 is 30.7 Å². The van der Waals surface area contributed by atoms with Crippen LogP contribution in [0.25, 0.3) is 16.7 Å². The number of hydrogen-bond acceptors (Lipinski definition) is 6. The summed E-state index contributed by atoms with van der Waals surface area (Å²) in [4.78, 5) is 0. The van der Waals surface area contributed by atoms with E-state index in [0.29, 0.717) is 0 Å². The molecule has 3 aromatic rings. The molecule has 234 valence electrons. The molecule has 0 amide bonds. The summed E-state index contributed by atoms with van der Waals surface area (Å²) in [5.74, 6) is -11.9. The van der Waals surface area contributed by atoms with Crippen molar-refractivity contribution in [3.8, 4) is 36.4 Å². The number of nitriles is 6. The van der Waals surface area contributed by atoms with E-state index in [2.05, 4.69) is 0 Å². The van der Waals surface area contributed by atoms with Crippen molar-refractivity contribution in [2.45, 2.75) is 20.8 Å². The van der Waals surface area contributed by atoms with E-state index in [4.69, 9.17) is 0 Å². The van der Waals surface area contributed by atoms with E-state index in [9.17, 15) is 36.0 Å². The van der Waals surface area contributed by atoms with Crippen LogP contribution in [0.15, 0.2) is 16.7 Å². The van der Waals surface area contributed by atoms with Crippen LogP contribution in [0.1, 0.15) is 50.1 Å². The minimum absolute atomic E-state index is 0.170. The first kappa shape index (κ1) is 35.1. The van der Waals surface area contributed by atoms with Crippen LogP contribution in [-0.4, -0.2) is 0 Å². The van der Waals surface area contributed by atoms with Crippen LogP contribution in [0.4, 0.5) is 30.7 Å². The van der Waals surface area contributed by atoms with Gasteiger partial charge in [-0.15, -0.1) is 18.5 Å². The van der Waals surface area contributed by atoms with Gasteiger partial charge in [0.1, 0.15) is 53.9 Å². The first-order valence-electron chi connectivity index (χ1n) is 13.0. The maximum Gasteiger partial charge on any atom is 0.177 e. The maximum atomic E-state index is 15.7. The quantitative estimate of drug-likeness (QED) is 0.134. The zero-order valence-electron chi connectivity index (χ0n) is 24.5. The van der Waals surface area contributed by atoms with Crippen molar-refractivity contribution in [1.82, 2.24) is 0 Å². The van der Waals surface area contributed by atoms with Crippen molar-refractivity contribution in [3.63, 3.8) is 0 Å². The lowest BCUT2D eigenvalue weighted by atomic mass is 9.96. The summed E-state index contributed by atoms with van der Waals surface area (Å²) < 4.78 is 108. The fraction of sp³-hybridized carbons (Fsp3) is 0.0909. The van der Waals surface area contributed by atoms with Crippen molar-refractivity contribution in [2.75, 3.05) is 0 Å². The molecular weight excluding hydrogens is 675 g/mol. The Bertz CT molecular complexity index is 2070. The molecule has 1 fully saturated rings. The Labute approximate surface area is 272 Å². The van der Waals surface area contributed by atoms with Crippen LogP contribution in [0.3, 0.4) is 0 Å². The van der Waals surface area contributed by atoms with E-state index in [-0.39, 0.29) is 10.9 Å². The predicted octanol–water partition coefficient (Wildman–Crippen LogP) is 6.45. The maximum absolute atomic E-state index is 15.7. The Morgan fingerprint density at radius 1 is 0.417 bits per heavy atom. The SMILES string of the molecule is Cc1c(F)c(/C(C#N)=C2/C(=C(C#N)c3c(F)c(C)c(C#N)c(P)c3F)/C2=C(/C#N)c2c(F)c(F)c(C#N)c(C)c2P)c(F)c(F)c1C#N. The van der Waals surface area contributed by atoms with E-state index >= 15 is 26.3 Å². The largest absolute Gasteiger partial charge is 0.206 e. The molecule has 0 heterocycles. The molecule has 1 aliphatic carbocycles. The number of nitrogens with zero attached hydrogens (tertiary/aromatic N) is 6. The monoisotopic (exact) mass is 688 g/mol. The molecule has 1 aliphatic rings. The third-order valence-corrected chi connectivity index (χ3v) is 9.01. The van der Waals surface area contributed by atoms with Gasteiger partial charge in [0.2, 0.25) is 0 Å². The van der Waals surface area contributed by atoms with Gasteiger partial charge in [0.15, 0.2) is 23.3 Å². The Morgan fingerprint density at radius 3 is 1.15 bits per heavy atom. The molecule has 48 heavy (non-hydrogen) atoms. The van der Waals surface area contributed by atoms with Gasteiger partial charge in [-0.2, -0.15) is 31.6 Å². The summed E-state index contributed by atoms with van der Waals surface area (Å²) in [6.07, 6.45) is 0. The number of halogens is 7. The highest BCUT2D eigenvalue weighted by Crippen LogP contribution is 2.57. The second kappa shape index (κ2) is 12.8. The second-order valence-corrected chi connectivity index (χ2v) is 11.2. The van der Waals surface area contributed by atoms with Gasteiger partial charge in [0.05, 0.1) is 44.5 Å². The lowest BCUT2D eigenvalue weighted by Crippen LogP contribution is -2.14. The van der Waals surface area contributed by atoms with Crippen molar-refractivity contribution >= 4 is 45.8 Å². The lowest BCUT2D eigenvalue weighted by molar-refractivity contribution is 0.486. The number of allylic oxidation sites excluding steroid dienone is 6. The second-order valence-electron chi connectivity index (χ2n) is 10.1. The Kier molecular flexibility index (Phi) is 9.32. The molecule has 0 radical (unpaired) electrons. The van der Waals surface area contributed by atoms with Crippen LogP contribution < -0.4 is 10.6 Å². The Hall–Kier alpha value is -5.81. The normalized spacial score (nSPS) is 14.9. The molecule has 4 rings (SSSR count). The lowest BCUT2D eigenvalue weighted by Gasteiger charge is -2.12. The standard InChI is InChI=1S/C33H13F7N6P2/c1-10-13(4-41)27(36)29(38)22(25(10)34)16(7-44)19-20(17(8-45)23-26(35)11(2)15(6-43)33(48)31(23)40)21(19)18(9-46)24-30(39)28(37)14(5-42)12(3)32(24)47/h47-48H2,1-3H3/b19-16-,20-17?,21-18-. The smallest absolute Gasteiger partial charge is 0.177 e. The average Bonchev–Trinajstić information content (AvgIpc) is 3.78. The predicted molar refractivity (Wildman–Crippen MR) is 164 cm³/mol. The van der Waals surface area contributed by atoms with Crippen molar-refractivity contribution in [3.05, 3.63) is 108 Å². The van der Waals surface area contributed by atoms with E-state index in [1.54, 1.807) is 12.1 Å². The highest BCUT2D eigenvalue weighted by molar-refractivity contribution is 7.28. The van der Waals surface area contributed by atoms with Crippen LogP contribution in [0, 0.1) is 129 Å². The first-order valence-corrected chi connectivity index (χ1v) is 14.1. The van der Waals surface area contributed by atoms with Gasteiger partial charge in [-0.05, 0) is 31.6 Å². The molecule has 6 nitrogen and oxygen atoms in total. The van der Waals surface area contributed by atoms with Crippen LogP contribution in [0.5, 0.6) is 0 Å². The fourth-order valence-electron chi connectivity index (χ4n) is 5.18. The van der Waals surface area contributed by atoms with Gasteiger partial charge < -0.3 is 0 Å². The van der Waals surface area contributed by atoms with Gasteiger partial charge in [-0.1, -0.05) is 0 Å². The molecule has 3 aromatic carbocycles.